The van der Waals surface area contributed by atoms with Gasteiger partial charge in [0.05, 0.1) is 11.8 Å². The number of aromatic nitrogens is 2. The predicted octanol–water partition coefficient (Wildman–Crippen LogP) is 4.80. The standard InChI is InChI=1S/C29H28F2N4O2S/c1-18(36)34-10-8-33(9-11-34)16-19-2-3-21-13-23(6-4-20(21)12-19)35-17-32-26-15-27(38-28(26)29(35)37)24-7-5-22(30)14-25(24)31/h2-3,5,7,12,14-15,17,23H,4,6,8-11,13,16H2,1H3. The van der Waals surface area contributed by atoms with Crippen molar-refractivity contribution in [2.45, 2.75) is 38.8 Å². The summed E-state index contributed by atoms with van der Waals surface area (Å²) in [5.41, 5.74) is 4.52. The van der Waals surface area contributed by atoms with Crippen molar-refractivity contribution in [2.75, 3.05) is 26.2 Å². The molecule has 2 aromatic heterocycles. The summed E-state index contributed by atoms with van der Waals surface area (Å²) >= 11 is 1.20. The number of aryl methyl sites for hydroxylation is 1. The number of carbonyl (C=O) groups excluding carboxylic acids is 1. The first kappa shape index (κ1) is 24.9. The number of fused-ring (bicyclic) bond motifs is 2. The maximum Gasteiger partial charge on any atom is 0.271 e. The maximum atomic E-state index is 14.3. The molecule has 1 aliphatic carbocycles. The van der Waals surface area contributed by atoms with Crippen LogP contribution in [0.5, 0.6) is 0 Å². The molecule has 0 bridgehead atoms. The SMILES string of the molecule is CC(=O)N1CCN(Cc2ccc3c(c2)CCC(n2cnc4cc(-c5ccc(F)cc5F)sc4c2=O)C3)CC1. The van der Waals surface area contributed by atoms with Crippen LogP contribution >= 0.6 is 11.3 Å². The van der Waals surface area contributed by atoms with Gasteiger partial charge in [-0.3, -0.25) is 19.1 Å². The Morgan fingerprint density at radius 1 is 1.05 bits per heavy atom. The molecule has 1 unspecified atom stereocenters. The predicted molar refractivity (Wildman–Crippen MR) is 144 cm³/mol. The minimum atomic E-state index is -0.654. The second-order valence-corrected chi connectivity index (χ2v) is 11.2. The zero-order valence-electron chi connectivity index (χ0n) is 21.1. The van der Waals surface area contributed by atoms with Gasteiger partial charge in [0.25, 0.3) is 5.56 Å². The lowest BCUT2D eigenvalue weighted by Crippen LogP contribution is -2.47. The summed E-state index contributed by atoms with van der Waals surface area (Å²) < 4.78 is 29.9. The molecule has 1 saturated heterocycles. The van der Waals surface area contributed by atoms with Crippen molar-refractivity contribution in [3.05, 3.63) is 87.5 Å². The third-order valence-corrected chi connectivity index (χ3v) is 8.89. The minimum absolute atomic E-state index is 0.00511. The van der Waals surface area contributed by atoms with Gasteiger partial charge in [0.15, 0.2) is 0 Å². The van der Waals surface area contributed by atoms with Crippen LogP contribution < -0.4 is 5.56 Å². The topological polar surface area (TPSA) is 58.4 Å². The highest BCUT2D eigenvalue weighted by atomic mass is 32.1. The summed E-state index contributed by atoms with van der Waals surface area (Å²) in [5.74, 6) is -1.15. The highest BCUT2D eigenvalue weighted by molar-refractivity contribution is 7.22. The molecule has 1 aliphatic heterocycles. The van der Waals surface area contributed by atoms with Crippen LogP contribution in [-0.4, -0.2) is 51.4 Å². The van der Waals surface area contributed by atoms with Gasteiger partial charge in [0.2, 0.25) is 5.91 Å². The minimum Gasteiger partial charge on any atom is -0.340 e. The molecule has 196 valence electrons. The number of carbonyl (C=O) groups is 1. The van der Waals surface area contributed by atoms with Crippen molar-refractivity contribution >= 4 is 27.5 Å². The molecule has 4 aromatic rings. The first-order chi connectivity index (χ1) is 18.4. The summed E-state index contributed by atoms with van der Waals surface area (Å²) in [7, 11) is 0. The Morgan fingerprint density at radius 2 is 1.87 bits per heavy atom. The molecule has 1 atom stereocenters. The van der Waals surface area contributed by atoms with E-state index in [2.05, 4.69) is 28.1 Å². The molecule has 1 amide bonds. The number of nitrogens with zero attached hydrogens (tertiary/aromatic N) is 4. The summed E-state index contributed by atoms with van der Waals surface area (Å²) in [4.78, 5) is 34.3. The van der Waals surface area contributed by atoms with Crippen LogP contribution in [-0.2, 0) is 24.2 Å². The molecule has 0 saturated carbocycles. The van der Waals surface area contributed by atoms with E-state index in [1.165, 1.54) is 40.2 Å². The van der Waals surface area contributed by atoms with Gasteiger partial charge in [-0.2, -0.15) is 0 Å². The van der Waals surface area contributed by atoms with Crippen molar-refractivity contribution < 1.29 is 13.6 Å². The highest BCUT2D eigenvalue weighted by Gasteiger charge is 2.24. The molecule has 6 rings (SSSR count). The van der Waals surface area contributed by atoms with Gasteiger partial charge in [-0.25, -0.2) is 13.8 Å². The van der Waals surface area contributed by atoms with E-state index in [0.717, 1.165) is 58.1 Å². The Morgan fingerprint density at radius 3 is 2.63 bits per heavy atom. The van der Waals surface area contributed by atoms with E-state index in [4.69, 9.17) is 0 Å². The average molecular weight is 535 g/mol. The van der Waals surface area contributed by atoms with E-state index in [-0.39, 0.29) is 23.1 Å². The molecule has 38 heavy (non-hydrogen) atoms. The van der Waals surface area contributed by atoms with Gasteiger partial charge in [0, 0.05) is 62.2 Å². The number of benzene rings is 2. The molecule has 0 radical (unpaired) electrons. The molecule has 0 N–H and O–H groups in total. The van der Waals surface area contributed by atoms with Crippen LogP contribution in [0, 0.1) is 11.6 Å². The van der Waals surface area contributed by atoms with Gasteiger partial charge < -0.3 is 4.90 Å². The fourth-order valence-electron chi connectivity index (χ4n) is 5.61. The molecule has 1 fully saturated rings. The molecule has 6 nitrogen and oxygen atoms in total. The molecule has 0 spiro atoms. The van der Waals surface area contributed by atoms with Gasteiger partial charge in [0.1, 0.15) is 16.3 Å². The summed E-state index contributed by atoms with van der Waals surface area (Å²) in [6.07, 6.45) is 4.08. The van der Waals surface area contributed by atoms with Gasteiger partial charge in [-0.15, -0.1) is 11.3 Å². The fourth-order valence-corrected chi connectivity index (χ4v) is 6.69. The van der Waals surface area contributed by atoms with E-state index in [1.807, 2.05) is 4.90 Å². The highest BCUT2D eigenvalue weighted by Crippen LogP contribution is 2.34. The quantitative estimate of drug-likeness (QED) is 0.378. The molecule has 2 aliphatic rings. The maximum absolute atomic E-state index is 14.3. The van der Waals surface area contributed by atoms with Crippen molar-refractivity contribution in [2.24, 2.45) is 0 Å². The van der Waals surface area contributed by atoms with Crippen LogP contribution in [0.1, 0.15) is 36.1 Å². The monoisotopic (exact) mass is 534 g/mol. The molecular weight excluding hydrogens is 506 g/mol. The van der Waals surface area contributed by atoms with Crippen LogP contribution in [0.3, 0.4) is 0 Å². The van der Waals surface area contributed by atoms with Crippen LogP contribution in [0.2, 0.25) is 0 Å². The number of hydrogen-bond donors (Lipinski definition) is 0. The van der Waals surface area contributed by atoms with Crippen LogP contribution in [0.15, 0.2) is 53.6 Å². The second kappa shape index (κ2) is 10.0. The summed E-state index contributed by atoms with van der Waals surface area (Å²) in [6.45, 7) is 5.82. The van der Waals surface area contributed by atoms with E-state index in [9.17, 15) is 18.4 Å². The summed E-state index contributed by atoms with van der Waals surface area (Å²) in [6, 6.07) is 11.8. The third kappa shape index (κ3) is 4.76. The van der Waals surface area contributed by atoms with E-state index < -0.39 is 11.6 Å². The fraction of sp³-hybridized carbons (Fsp3) is 0.345. The molecule has 3 heterocycles. The lowest BCUT2D eigenvalue weighted by molar-refractivity contribution is -0.130. The Labute approximate surface area is 223 Å². The largest absolute Gasteiger partial charge is 0.340 e. The molecule has 2 aromatic carbocycles. The average Bonchev–Trinajstić information content (AvgIpc) is 3.34. The Hall–Kier alpha value is -3.43. The first-order valence-corrected chi connectivity index (χ1v) is 13.7. The van der Waals surface area contributed by atoms with E-state index >= 15 is 0 Å². The Balaban J connectivity index is 1.19. The number of piperazine rings is 1. The van der Waals surface area contributed by atoms with Gasteiger partial charge in [-0.05, 0) is 54.2 Å². The van der Waals surface area contributed by atoms with E-state index in [0.29, 0.717) is 15.1 Å². The first-order valence-electron chi connectivity index (χ1n) is 12.9. The molecule has 9 heteroatoms. The number of thiophene rings is 1. The van der Waals surface area contributed by atoms with E-state index in [1.54, 1.807) is 23.9 Å². The summed E-state index contributed by atoms with van der Waals surface area (Å²) in [5, 5.41) is 0. The zero-order chi connectivity index (χ0) is 26.4. The normalized spacial score (nSPS) is 18.1. The Bertz CT molecular complexity index is 1590. The van der Waals surface area contributed by atoms with Crippen molar-refractivity contribution in [1.29, 1.82) is 0 Å². The smallest absolute Gasteiger partial charge is 0.271 e. The zero-order valence-corrected chi connectivity index (χ0v) is 21.9. The lowest BCUT2D eigenvalue weighted by atomic mass is 9.87. The van der Waals surface area contributed by atoms with Crippen molar-refractivity contribution in [3.63, 3.8) is 0 Å². The number of amides is 1. The third-order valence-electron chi connectivity index (χ3n) is 7.75. The molecular formula is C29H28F2N4O2S. The van der Waals surface area contributed by atoms with Crippen LogP contribution in [0.4, 0.5) is 8.78 Å². The lowest BCUT2D eigenvalue weighted by Gasteiger charge is -2.34. The van der Waals surface area contributed by atoms with Gasteiger partial charge in [-0.1, -0.05) is 18.2 Å². The van der Waals surface area contributed by atoms with Crippen LogP contribution in [0.25, 0.3) is 20.7 Å². The number of rotatable bonds is 4. The Kier molecular flexibility index (Phi) is 6.57. The van der Waals surface area contributed by atoms with Crippen molar-refractivity contribution in [1.82, 2.24) is 19.4 Å². The number of hydrogen-bond acceptors (Lipinski definition) is 5. The van der Waals surface area contributed by atoms with Gasteiger partial charge >= 0.3 is 0 Å². The van der Waals surface area contributed by atoms with Crippen molar-refractivity contribution in [3.8, 4) is 10.4 Å². The number of halogens is 2. The second-order valence-electron chi connectivity index (χ2n) is 10.2.